The first-order valence-corrected chi connectivity index (χ1v) is 9.84. The van der Waals surface area contributed by atoms with E-state index in [1.807, 2.05) is 0 Å². The minimum absolute atomic E-state index is 0.0914. The maximum Gasteiger partial charge on any atom is 0.413 e. The van der Waals surface area contributed by atoms with Crippen molar-refractivity contribution in [2.75, 3.05) is 18.5 Å². The summed E-state index contributed by atoms with van der Waals surface area (Å²) in [4.78, 5) is 16.1. The van der Waals surface area contributed by atoms with Gasteiger partial charge in [0.2, 0.25) is 10.0 Å². The van der Waals surface area contributed by atoms with Gasteiger partial charge in [-0.05, 0) is 19.1 Å². The van der Waals surface area contributed by atoms with Gasteiger partial charge >= 0.3 is 6.09 Å². The summed E-state index contributed by atoms with van der Waals surface area (Å²) in [6, 6.07) is 5.30. The Balaban J connectivity index is 1.80. The lowest BCUT2D eigenvalue weighted by atomic mass is 10.2. The Morgan fingerprint density at radius 1 is 1.44 bits per heavy atom. The highest BCUT2D eigenvalue weighted by Crippen LogP contribution is 2.31. The summed E-state index contributed by atoms with van der Waals surface area (Å²) in [5.74, 6) is -0.776. The highest BCUT2D eigenvalue weighted by atomic mass is 32.2. The number of hydrogen-bond acceptors (Lipinski definition) is 6. The van der Waals surface area contributed by atoms with Crippen molar-refractivity contribution < 1.29 is 22.3 Å². The van der Waals surface area contributed by atoms with Gasteiger partial charge in [-0.25, -0.2) is 22.6 Å². The second-order valence-corrected chi connectivity index (χ2v) is 8.24. The Morgan fingerprint density at radius 2 is 2.20 bits per heavy atom. The highest BCUT2D eigenvalue weighted by molar-refractivity contribution is 7.89. The van der Waals surface area contributed by atoms with Crippen molar-refractivity contribution in [1.82, 2.24) is 9.29 Å². The third-order valence-electron chi connectivity index (χ3n) is 3.64. The molecule has 0 saturated heterocycles. The number of carbonyl (C=O) groups is 1. The van der Waals surface area contributed by atoms with Gasteiger partial charge in [-0.2, -0.15) is 4.31 Å². The number of carbonyl (C=O) groups excluding carboxylic acids is 1. The summed E-state index contributed by atoms with van der Waals surface area (Å²) < 4.78 is 45.2. The van der Waals surface area contributed by atoms with E-state index in [9.17, 15) is 17.6 Å². The molecule has 1 amide bonds. The van der Waals surface area contributed by atoms with Crippen LogP contribution in [0.15, 0.2) is 29.2 Å². The molecule has 0 fully saturated rings. The Bertz CT molecular complexity index is 898. The van der Waals surface area contributed by atoms with Crippen LogP contribution in [-0.4, -0.2) is 37.0 Å². The van der Waals surface area contributed by atoms with Gasteiger partial charge in [0.25, 0.3) is 0 Å². The molecule has 1 N–H and O–H groups in total. The number of benzene rings is 1. The molecule has 0 aliphatic carbocycles. The average molecular weight is 385 g/mol. The van der Waals surface area contributed by atoms with Crippen LogP contribution in [0.3, 0.4) is 0 Å². The van der Waals surface area contributed by atoms with Gasteiger partial charge < -0.3 is 4.74 Å². The average Bonchev–Trinajstić information content (AvgIpc) is 2.96. The third kappa shape index (κ3) is 3.65. The van der Waals surface area contributed by atoms with Gasteiger partial charge in [-0.15, -0.1) is 0 Å². The molecule has 25 heavy (non-hydrogen) atoms. The molecule has 2 heterocycles. The molecule has 0 unspecified atom stereocenters. The summed E-state index contributed by atoms with van der Waals surface area (Å²) in [6.45, 7) is 2.23. The van der Waals surface area contributed by atoms with Crippen molar-refractivity contribution >= 4 is 32.6 Å². The van der Waals surface area contributed by atoms with Crippen LogP contribution >= 0.6 is 11.3 Å². The zero-order chi connectivity index (χ0) is 18.0. The lowest BCUT2D eigenvalue weighted by Crippen LogP contribution is -2.35. The van der Waals surface area contributed by atoms with E-state index in [1.165, 1.54) is 33.8 Å². The van der Waals surface area contributed by atoms with E-state index in [-0.39, 0.29) is 24.6 Å². The SMILES string of the molecule is CCOC(=O)Nc1nc2c(s1)CN(S(=O)(=O)c1ccccc1F)CC2. The summed E-state index contributed by atoms with van der Waals surface area (Å²) in [5, 5.41) is 2.87. The number of ether oxygens (including phenoxy) is 1. The van der Waals surface area contributed by atoms with Crippen LogP contribution in [-0.2, 0) is 27.7 Å². The van der Waals surface area contributed by atoms with E-state index in [0.717, 1.165) is 16.6 Å². The fourth-order valence-corrected chi connectivity index (χ4v) is 5.04. The van der Waals surface area contributed by atoms with Crippen molar-refractivity contribution in [3.05, 3.63) is 40.7 Å². The standard InChI is InChI=1S/C15H16FN3O4S2/c1-2-23-15(20)18-14-17-11-7-8-19(9-12(11)24-14)25(21,22)13-6-4-3-5-10(13)16/h3-6H,2,7-9H2,1H3,(H,17,18,20). The number of anilines is 1. The largest absolute Gasteiger partial charge is 0.450 e. The van der Waals surface area contributed by atoms with Crippen LogP contribution in [0.2, 0.25) is 0 Å². The molecule has 0 bridgehead atoms. The van der Waals surface area contributed by atoms with Crippen molar-refractivity contribution in [1.29, 1.82) is 0 Å². The summed E-state index contributed by atoms with van der Waals surface area (Å²) in [7, 11) is -3.93. The molecular formula is C15H16FN3O4S2. The number of thiazole rings is 1. The van der Waals surface area contributed by atoms with Crippen LogP contribution in [0.1, 0.15) is 17.5 Å². The Hall–Kier alpha value is -2.04. The third-order valence-corrected chi connectivity index (χ3v) is 6.51. The molecule has 1 aromatic heterocycles. The molecule has 2 aromatic rings. The number of amides is 1. The van der Waals surface area contributed by atoms with Crippen LogP contribution < -0.4 is 5.32 Å². The van der Waals surface area contributed by atoms with E-state index in [0.29, 0.717) is 11.6 Å². The first-order valence-electron chi connectivity index (χ1n) is 7.59. The fourth-order valence-electron chi connectivity index (χ4n) is 2.48. The molecule has 1 aromatic carbocycles. The first-order chi connectivity index (χ1) is 11.9. The molecule has 1 aliphatic rings. The minimum atomic E-state index is -3.93. The molecular weight excluding hydrogens is 369 g/mol. The van der Waals surface area contributed by atoms with Crippen molar-refractivity contribution in [3.63, 3.8) is 0 Å². The predicted molar refractivity (Wildman–Crippen MR) is 90.5 cm³/mol. The van der Waals surface area contributed by atoms with Crippen molar-refractivity contribution in [2.45, 2.75) is 24.8 Å². The molecule has 1 aliphatic heterocycles. The van der Waals surface area contributed by atoms with E-state index in [1.54, 1.807) is 6.92 Å². The molecule has 3 rings (SSSR count). The van der Waals surface area contributed by atoms with Crippen LogP contribution in [0, 0.1) is 5.82 Å². The number of nitrogens with one attached hydrogen (secondary N) is 1. The summed E-state index contributed by atoms with van der Waals surface area (Å²) in [6.07, 6.45) is -0.214. The first kappa shape index (κ1) is 17.8. The molecule has 10 heteroatoms. The number of halogens is 1. The van der Waals surface area contributed by atoms with E-state index in [2.05, 4.69) is 10.3 Å². The second-order valence-electron chi connectivity index (χ2n) is 5.25. The molecule has 7 nitrogen and oxygen atoms in total. The lowest BCUT2D eigenvalue weighted by Gasteiger charge is -2.25. The number of nitrogens with zero attached hydrogens (tertiary/aromatic N) is 2. The zero-order valence-corrected chi connectivity index (χ0v) is 15.0. The minimum Gasteiger partial charge on any atom is -0.450 e. The van der Waals surface area contributed by atoms with E-state index >= 15 is 0 Å². The Labute approximate surface area is 148 Å². The van der Waals surface area contributed by atoms with Gasteiger partial charge in [0, 0.05) is 17.8 Å². The van der Waals surface area contributed by atoms with E-state index < -0.39 is 21.9 Å². The Morgan fingerprint density at radius 3 is 2.92 bits per heavy atom. The lowest BCUT2D eigenvalue weighted by molar-refractivity contribution is 0.168. The summed E-state index contributed by atoms with van der Waals surface area (Å²) >= 11 is 1.19. The quantitative estimate of drug-likeness (QED) is 0.874. The van der Waals surface area contributed by atoms with Gasteiger partial charge in [0.15, 0.2) is 5.13 Å². The molecule has 0 spiro atoms. The monoisotopic (exact) mass is 385 g/mol. The topological polar surface area (TPSA) is 88.6 Å². The number of rotatable bonds is 4. The van der Waals surface area contributed by atoms with Crippen molar-refractivity contribution in [3.8, 4) is 0 Å². The number of fused-ring (bicyclic) bond motifs is 1. The number of sulfonamides is 1. The fraction of sp³-hybridized carbons (Fsp3) is 0.333. The number of hydrogen-bond donors (Lipinski definition) is 1. The molecule has 0 radical (unpaired) electrons. The molecule has 0 saturated carbocycles. The molecule has 0 atom stereocenters. The smallest absolute Gasteiger partial charge is 0.413 e. The highest BCUT2D eigenvalue weighted by Gasteiger charge is 2.32. The van der Waals surface area contributed by atoms with Crippen LogP contribution in [0.5, 0.6) is 0 Å². The summed E-state index contributed by atoms with van der Waals surface area (Å²) in [5.41, 5.74) is 0.733. The van der Waals surface area contributed by atoms with Gasteiger partial charge in [0.05, 0.1) is 18.8 Å². The maximum atomic E-state index is 13.9. The van der Waals surface area contributed by atoms with Gasteiger partial charge in [0.1, 0.15) is 10.7 Å². The molecule has 134 valence electrons. The van der Waals surface area contributed by atoms with Crippen LogP contribution in [0.4, 0.5) is 14.3 Å². The van der Waals surface area contributed by atoms with Gasteiger partial charge in [-0.3, -0.25) is 5.32 Å². The zero-order valence-electron chi connectivity index (χ0n) is 13.4. The normalized spacial score (nSPS) is 14.8. The van der Waals surface area contributed by atoms with Crippen molar-refractivity contribution in [2.24, 2.45) is 0 Å². The second kappa shape index (κ2) is 7.06. The van der Waals surface area contributed by atoms with Gasteiger partial charge in [-0.1, -0.05) is 23.5 Å². The van der Waals surface area contributed by atoms with E-state index in [4.69, 9.17) is 4.74 Å². The predicted octanol–water partition coefficient (Wildman–Crippen LogP) is 2.60. The Kier molecular flexibility index (Phi) is 5.02. The number of aromatic nitrogens is 1. The maximum absolute atomic E-state index is 13.9. The van der Waals surface area contributed by atoms with Crippen LogP contribution in [0.25, 0.3) is 0 Å².